The highest BCUT2D eigenvalue weighted by molar-refractivity contribution is 6.33. The van der Waals surface area contributed by atoms with E-state index in [0.717, 1.165) is 27.9 Å². The number of fused-ring (bicyclic) bond motifs is 3. The third-order valence-electron chi connectivity index (χ3n) is 6.00. The first-order valence-corrected chi connectivity index (χ1v) is 9.94. The van der Waals surface area contributed by atoms with Crippen molar-refractivity contribution in [3.05, 3.63) is 84.4 Å². The van der Waals surface area contributed by atoms with E-state index >= 15 is 0 Å². The lowest BCUT2D eigenvalue weighted by molar-refractivity contribution is 0.0792. The highest BCUT2D eigenvalue weighted by atomic mass is 16.3. The van der Waals surface area contributed by atoms with Crippen LogP contribution in [0.15, 0.2) is 83.3 Å². The molecule has 29 heavy (non-hydrogen) atoms. The summed E-state index contributed by atoms with van der Waals surface area (Å²) in [6.45, 7) is 3.66. The van der Waals surface area contributed by atoms with Gasteiger partial charge in [0.15, 0.2) is 0 Å². The molecule has 0 radical (unpaired) electrons. The van der Waals surface area contributed by atoms with Crippen molar-refractivity contribution in [2.75, 3.05) is 0 Å². The van der Waals surface area contributed by atoms with E-state index in [2.05, 4.69) is 54.6 Å². The highest BCUT2D eigenvalue weighted by Crippen LogP contribution is 2.44. The molecule has 1 heterocycles. The summed E-state index contributed by atoms with van der Waals surface area (Å²) in [5.74, 6) is 0. The molecule has 6 aromatic rings. The second-order valence-electron chi connectivity index (χ2n) is 8.33. The average Bonchev–Trinajstić information content (AvgIpc) is 3.11. The number of hydrogen-bond donors (Lipinski definition) is 1. The molecule has 0 aliphatic rings. The zero-order chi connectivity index (χ0) is 19.8. The second kappa shape index (κ2) is 5.59. The van der Waals surface area contributed by atoms with Crippen LogP contribution in [0, 0.1) is 0 Å². The van der Waals surface area contributed by atoms with Gasteiger partial charge in [-0.3, -0.25) is 0 Å². The van der Waals surface area contributed by atoms with Gasteiger partial charge in [-0.25, -0.2) is 0 Å². The summed E-state index contributed by atoms with van der Waals surface area (Å²) in [6, 6.07) is 27.3. The Balaban J connectivity index is 1.82. The average molecular weight is 376 g/mol. The first-order valence-electron chi connectivity index (χ1n) is 9.94. The standard InChI is InChI=1S/C27H20O2/c1-27(2,28)22-12-6-5-8-17(22)16-14-21-19-10-4-3-9-18(19)20-11-7-13-23-25(20)26(21)24(15-16)29-23/h3-15,28H,1-2H3. The maximum atomic E-state index is 10.7. The molecule has 2 nitrogen and oxygen atoms in total. The van der Waals surface area contributed by atoms with E-state index in [4.69, 9.17) is 4.42 Å². The minimum absolute atomic E-state index is 0.889. The van der Waals surface area contributed by atoms with Crippen LogP contribution in [-0.2, 0) is 5.60 Å². The highest BCUT2D eigenvalue weighted by Gasteiger charge is 2.22. The molecule has 2 heteroatoms. The fourth-order valence-electron chi connectivity index (χ4n) is 4.76. The van der Waals surface area contributed by atoms with Crippen LogP contribution in [0.5, 0.6) is 0 Å². The Bertz CT molecular complexity index is 1530. The van der Waals surface area contributed by atoms with Crippen molar-refractivity contribution in [1.29, 1.82) is 0 Å². The van der Waals surface area contributed by atoms with E-state index in [1.54, 1.807) is 0 Å². The van der Waals surface area contributed by atoms with Crippen molar-refractivity contribution in [2.24, 2.45) is 0 Å². The molecule has 0 saturated carbocycles. The molecule has 1 N–H and O–H groups in total. The zero-order valence-electron chi connectivity index (χ0n) is 16.4. The third kappa shape index (κ3) is 2.27. The van der Waals surface area contributed by atoms with Gasteiger partial charge < -0.3 is 9.52 Å². The molecule has 0 saturated heterocycles. The summed E-state index contributed by atoms with van der Waals surface area (Å²) in [6.07, 6.45) is 0. The molecular weight excluding hydrogens is 356 g/mol. The third-order valence-corrected chi connectivity index (χ3v) is 6.00. The maximum Gasteiger partial charge on any atom is 0.136 e. The molecule has 5 aromatic carbocycles. The van der Waals surface area contributed by atoms with Crippen LogP contribution < -0.4 is 0 Å². The molecule has 0 bridgehead atoms. The van der Waals surface area contributed by atoms with Crippen molar-refractivity contribution < 1.29 is 9.52 Å². The van der Waals surface area contributed by atoms with Crippen LogP contribution in [0.4, 0.5) is 0 Å². The molecule has 140 valence electrons. The second-order valence-corrected chi connectivity index (χ2v) is 8.33. The van der Waals surface area contributed by atoms with Crippen LogP contribution in [0.25, 0.3) is 54.6 Å². The Hall–Kier alpha value is -3.36. The van der Waals surface area contributed by atoms with E-state index in [1.807, 2.05) is 38.1 Å². The van der Waals surface area contributed by atoms with Gasteiger partial charge >= 0.3 is 0 Å². The first kappa shape index (κ1) is 16.6. The van der Waals surface area contributed by atoms with E-state index in [9.17, 15) is 5.11 Å². The Kier molecular flexibility index (Phi) is 3.20. The Morgan fingerprint density at radius 1 is 0.655 bits per heavy atom. The van der Waals surface area contributed by atoms with Gasteiger partial charge in [-0.1, -0.05) is 60.7 Å². The van der Waals surface area contributed by atoms with Gasteiger partial charge in [0.25, 0.3) is 0 Å². The molecule has 6 rings (SSSR count). The number of benzene rings is 5. The first-order chi connectivity index (χ1) is 14.0. The number of hydrogen-bond acceptors (Lipinski definition) is 2. The van der Waals surface area contributed by atoms with E-state index in [1.165, 1.54) is 32.3 Å². The van der Waals surface area contributed by atoms with Gasteiger partial charge in [0.05, 0.1) is 5.60 Å². The van der Waals surface area contributed by atoms with Crippen LogP contribution in [0.1, 0.15) is 19.4 Å². The fraction of sp³-hybridized carbons (Fsp3) is 0.111. The quantitative estimate of drug-likeness (QED) is 0.324. The maximum absolute atomic E-state index is 10.7. The smallest absolute Gasteiger partial charge is 0.136 e. The minimum atomic E-state index is -0.929. The van der Waals surface area contributed by atoms with Gasteiger partial charge in [0, 0.05) is 10.8 Å². The molecular formula is C27H20O2. The van der Waals surface area contributed by atoms with Gasteiger partial charge in [0.2, 0.25) is 0 Å². The summed E-state index contributed by atoms with van der Waals surface area (Å²) >= 11 is 0. The van der Waals surface area contributed by atoms with Crippen molar-refractivity contribution in [3.63, 3.8) is 0 Å². The van der Waals surface area contributed by atoms with E-state index in [-0.39, 0.29) is 0 Å². The van der Waals surface area contributed by atoms with Gasteiger partial charge in [-0.15, -0.1) is 0 Å². The number of aliphatic hydroxyl groups is 1. The lowest BCUT2D eigenvalue weighted by Crippen LogP contribution is -2.16. The molecule has 0 aliphatic heterocycles. The summed E-state index contributed by atoms with van der Waals surface area (Å²) in [5, 5.41) is 18.0. The fourth-order valence-corrected chi connectivity index (χ4v) is 4.76. The largest absolute Gasteiger partial charge is 0.456 e. The van der Waals surface area contributed by atoms with Crippen molar-refractivity contribution in [1.82, 2.24) is 0 Å². The summed E-state index contributed by atoms with van der Waals surface area (Å²) in [4.78, 5) is 0. The zero-order valence-corrected chi connectivity index (χ0v) is 16.4. The molecule has 0 fully saturated rings. The predicted molar refractivity (Wildman–Crippen MR) is 121 cm³/mol. The topological polar surface area (TPSA) is 33.4 Å². The van der Waals surface area contributed by atoms with Gasteiger partial charge in [-0.05, 0) is 70.3 Å². The molecule has 0 unspecified atom stereocenters. The number of furan rings is 1. The van der Waals surface area contributed by atoms with Gasteiger partial charge in [-0.2, -0.15) is 0 Å². The SMILES string of the molecule is CC(C)(O)c1ccccc1-c1cc2oc3cccc4c5ccccc5c(c1)c2c34. The Morgan fingerprint density at radius 3 is 2.10 bits per heavy atom. The molecule has 0 aliphatic carbocycles. The lowest BCUT2D eigenvalue weighted by atomic mass is 9.87. The monoisotopic (exact) mass is 376 g/mol. The van der Waals surface area contributed by atoms with E-state index < -0.39 is 5.60 Å². The Labute approximate surface area is 168 Å². The normalized spacial score (nSPS) is 12.7. The molecule has 1 aromatic heterocycles. The van der Waals surface area contributed by atoms with Crippen LogP contribution in [-0.4, -0.2) is 5.11 Å². The summed E-state index contributed by atoms with van der Waals surface area (Å²) in [5.41, 5.74) is 3.87. The number of rotatable bonds is 2. The Morgan fingerprint density at radius 2 is 1.31 bits per heavy atom. The molecule has 0 amide bonds. The molecule has 0 spiro atoms. The van der Waals surface area contributed by atoms with E-state index in [0.29, 0.717) is 0 Å². The summed E-state index contributed by atoms with van der Waals surface area (Å²) < 4.78 is 6.31. The van der Waals surface area contributed by atoms with Crippen LogP contribution in [0.2, 0.25) is 0 Å². The van der Waals surface area contributed by atoms with Crippen molar-refractivity contribution >= 4 is 43.5 Å². The van der Waals surface area contributed by atoms with Crippen molar-refractivity contribution in [2.45, 2.75) is 19.4 Å². The minimum Gasteiger partial charge on any atom is -0.456 e. The summed E-state index contributed by atoms with van der Waals surface area (Å²) in [7, 11) is 0. The van der Waals surface area contributed by atoms with Crippen LogP contribution in [0.3, 0.4) is 0 Å². The lowest BCUT2D eigenvalue weighted by Gasteiger charge is -2.22. The van der Waals surface area contributed by atoms with Crippen LogP contribution >= 0.6 is 0 Å². The molecule has 0 atom stereocenters. The van der Waals surface area contributed by atoms with Gasteiger partial charge in [0.1, 0.15) is 11.2 Å². The van der Waals surface area contributed by atoms with Crippen molar-refractivity contribution in [3.8, 4) is 11.1 Å². The predicted octanol–water partition coefficient (Wildman–Crippen LogP) is 7.22.